The number of nitrogens with zero attached hydrogens (tertiary/aromatic N) is 4. The average molecular weight is 463 g/mol. The Morgan fingerprint density at radius 3 is 2.48 bits per heavy atom. The molecule has 33 heavy (non-hydrogen) atoms. The van der Waals surface area contributed by atoms with Crippen molar-refractivity contribution in [3.63, 3.8) is 0 Å². The summed E-state index contributed by atoms with van der Waals surface area (Å²) in [7, 11) is 1.55. The molecule has 1 N–H and O–H groups in total. The molecule has 4 rings (SSSR count). The summed E-state index contributed by atoms with van der Waals surface area (Å²) in [6, 6.07) is 5.73. The van der Waals surface area contributed by atoms with E-state index in [1.165, 1.54) is 17.0 Å². The topological polar surface area (TPSA) is 79.6 Å². The highest BCUT2D eigenvalue weighted by Crippen LogP contribution is 2.34. The number of benzene rings is 1. The maximum atomic E-state index is 13.8. The van der Waals surface area contributed by atoms with Gasteiger partial charge in [0.05, 0.1) is 11.9 Å². The Balaban J connectivity index is 1.69. The summed E-state index contributed by atoms with van der Waals surface area (Å²) in [5.41, 5.74) is -1.47. The second kappa shape index (κ2) is 8.45. The van der Waals surface area contributed by atoms with Crippen LogP contribution in [0.5, 0.6) is 0 Å². The zero-order chi connectivity index (χ0) is 23.9. The Morgan fingerprint density at radius 1 is 1.18 bits per heavy atom. The number of imidazole rings is 1. The fourth-order valence-corrected chi connectivity index (χ4v) is 4.12. The van der Waals surface area contributed by atoms with E-state index < -0.39 is 29.1 Å². The van der Waals surface area contributed by atoms with Crippen LogP contribution in [0.25, 0.3) is 16.9 Å². The van der Waals surface area contributed by atoms with Crippen molar-refractivity contribution in [2.24, 2.45) is 11.8 Å². The molecule has 1 aliphatic rings. The molecular formula is C22H21F4N5O2. The second-order valence-electron chi connectivity index (χ2n) is 8.08. The highest BCUT2D eigenvalue weighted by molar-refractivity contribution is 5.93. The Hall–Kier alpha value is -3.50. The van der Waals surface area contributed by atoms with Crippen LogP contribution >= 0.6 is 0 Å². The van der Waals surface area contributed by atoms with E-state index >= 15 is 0 Å². The smallest absolute Gasteiger partial charge is 0.359 e. The van der Waals surface area contributed by atoms with Crippen LogP contribution in [-0.2, 0) is 11.0 Å². The van der Waals surface area contributed by atoms with Gasteiger partial charge in [-0.1, -0.05) is 6.92 Å². The van der Waals surface area contributed by atoms with Gasteiger partial charge in [0.15, 0.2) is 5.65 Å². The molecule has 2 atom stereocenters. The Labute approximate surface area is 186 Å². The summed E-state index contributed by atoms with van der Waals surface area (Å²) in [6.07, 6.45) is -3.14. The van der Waals surface area contributed by atoms with Crippen LogP contribution in [0, 0.1) is 17.7 Å². The molecule has 0 radical (unpaired) electrons. The van der Waals surface area contributed by atoms with E-state index in [0.29, 0.717) is 6.42 Å². The first kappa shape index (κ1) is 22.7. The van der Waals surface area contributed by atoms with Gasteiger partial charge in [0.25, 0.3) is 5.91 Å². The third kappa shape index (κ3) is 4.39. The fraction of sp³-hybridized carbons (Fsp3) is 0.364. The Bertz CT molecular complexity index is 1210. The van der Waals surface area contributed by atoms with Gasteiger partial charge in [0.1, 0.15) is 17.1 Å². The maximum absolute atomic E-state index is 13.8. The van der Waals surface area contributed by atoms with Crippen molar-refractivity contribution in [3.05, 3.63) is 53.6 Å². The van der Waals surface area contributed by atoms with Gasteiger partial charge in [-0.15, -0.1) is 0 Å². The molecule has 3 aromatic rings. The van der Waals surface area contributed by atoms with E-state index in [1.54, 1.807) is 7.05 Å². The summed E-state index contributed by atoms with van der Waals surface area (Å²) in [5.74, 6) is -1.51. The van der Waals surface area contributed by atoms with Crippen molar-refractivity contribution in [2.75, 3.05) is 20.1 Å². The first-order valence-electron chi connectivity index (χ1n) is 10.3. The quantitative estimate of drug-likeness (QED) is 0.604. The van der Waals surface area contributed by atoms with Crippen molar-refractivity contribution in [1.82, 2.24) is 24.8 Å². The molecule has 3 heterocycles. The molecule has 2 aromatic heterocycles. The minimum atomic E-state index is -4.75. The largest absolute Gasteiger partial charge is 0.420 e. The normalized spacial score (nSPS) is 19.0. The number of nitrogens with one attached hydrogen (secondary N) is 1. The first-order valence-corrected chi connectivity index (χ1v) is 10.3. The van der Waals surface area contributed by atoms with E-state index in [9.17, 15) is 27.2 Å². The lowest BCUT2D eigenvalue weighted by Crippen LogP contribution is -2.47. The number of hydrogen-bond acceptors (Lipinski definition) is 4. The lowest BCUT2D eigenvalue weighted by molar-refractivity contribution is -0.136. The highest BCUT2D eigenvalue weighted by atomic mass is 19.4. The van der Waals surface area contributed by atoms with Gasteiger partial charge in [0, 0.05) is 31.6 Å². The second-order valence-corrected chi connectivity index (χ2v) is 8.08. The van der Waals surface area contributed by atoms with E-state index in [1.807, 2.05) is 6.92 Å². The van der Waals surface area contributed by atoms with Crippen molar-refractivity contribution < 1.29 is 27.2 Å². The standard InChI is InChI=1S/C22H21F4N5O2/c1-12-10-30(8-7-15(12)20(32)27-2)21(33)18-11-31-19(28-18)16(22(24,25)26)9-17(29-31)13-3-5-14(23)6-4-13/h3-6,9,11-12,15H,7-8,10H2,1-2H3,(H,27,32). The minimum Gasteiger partial charge on any atom is -0.359 e. The third-order valence-corrected chi connectivity index (χ3v) is 5.87. The molecule has 1 aromatic carbocycles. The van der Waals surface area contributed by atoms with Gasteiger partial charge in [-0.05, 0) is 42.7 Å². The number of hydrogen-bond donors (Lipinski definition) is 1. The molecule has 1 fully saturated rings. The van der Waals surface area contributed by atoms with Crippen molar-refractivity contribution >= 4 is 17.5 Å². The van der Waals surface area contributed by atoms with Gasteiger partial charge in [-0.25, -0.2) is 13.9 Å². The highest BCUT2D eigenvalue weighted by Gasteiger charge is 2.37. The third-order valence-electron chi connectivity index (χ3n) is 5.87. The van der Waals surface area contributed by atoms with Crippen LogP contribution in [0.1, 0.15) is 29.4 Å². The van der Waals surface area contributed by atoms with Crippen molar-refractivity contribution in [2.45, 2.75) is 19.5 Å². The molecule has 2 amide bonds. The Morgan fingerprint density at radius 2 is 1.88 bits per heavy atom. The number of alkyl halides is 3. The van der Waals surface area contributed by atoms with Gasteiger partial charge in [0.2, 0.25) is 5.91 Å². The molecule has 0 spiro atoms. The summed E-state index contributed by atoms with van der Waals surface area (Å²) in [4.78, 5) is 30.4. The zero-order valence-corrected chi connectivity index (χ0v) is 17.9. The predicted molar refractivity (Wildman–Crippen MR) is 111 cm³/mol. The summed E-state index contributed by atoms with van der Waals surface area (Å²) >= 11 is 0. The number of carbonyl (C=O) groups is 2. The molecule has 7 nitrogen and oxygen atoms in total. The van der Waals surface area contributed by atoms with E-state index in [-0.39, 0.29) is 47.8 Å². The molecule has 0 aliphatic carbocycles. The monoisotopic (exact) mass is 463 g/mol. The predicted octanol–water partition coefficient (Wildman–Crippen LogP) is 3.40. The van der Waals surface area contributed by atoms with Crippen molar-refractivity contribution in [3.8, 4) is 11.3 Å². The molecule has 0 bridgehead atoms. The zero-order valence-electron chi connectivity index (χ0n) is 17.9. The van der Waals surface area contributed by atoms with Crippen molar-refractivity contribution in [1.29, 1.82) is 0 Å². The van der Waals surface area contributed by atoms with Gasteiger partial charge >= 0.3 is 6.18 Å². The van der Waals surface area contributed by atoms with E-state index in [4.69, 9.17) is 0 Å². The van der Waals surface area contributed by atoms with Crippen LogP contribution in [0.4, 0.5) is 17.6 Å². The molecule has 2 unspecified atom stereocenters. The van der Waals surface area contributed by atoms with Crippen LogP contribution in [0.15, 0.2) is 36.5 Å². The van der Waals surface area contributed by atoms with Gasteiger partial charge in [-0.2, -0.15) is 18.3 Å². The molecule has 1 saturated heterocycles. The van der Waals surface area contributed by atoms with Gasteiger partial charge in [-0.3, -0.25) is 9.59 Å². The maximum Gasteiger partial charge on any atom is 0.420 e. The summed E-state index contributed by atoms with van der Waals surface area (Å²) in [5, 5.41) is 6.77. The van der Waals surface area contributed by atoms with Gasteiger partial charge < -0.3 is 10.2 Å². The number of aromatic nitrogens is 3. The minimum absolute atomic E-state index is 0.0359. The van der Waals surface area contributed by atoms with Crippen LogP contribution in [0.3, 0.4) is 0 Å². The molecular weight excluding hydrogens is 442 g/mol. The molecule has 0 saturated carbocycles. The number of halogens is 4. The van der Waals surface area contributed by atoms with Crippen LogP contribution < -0.4 is 5.32 Å². The lowest BCUT2D eigenvalue weighted by Gasteiger charge is -2.35. The molecule has 11 heteroatoms. The fourth-order valence-electron chi connectivity index (χ4n) is 4.12. The lowest BCUT2D eigenvalue weighted by atomic mass is 9.86. The number of rotatable bonds is 3. The molecule has 1 aliphatic heterocycles. The summed E-state index contributed by atoms with van der Waals surface area (Å²) < 4.78 is 55.5. The SMILES string of the molecule is CNC(=O)C1CCN(C(=O)c2cn3nc(-c4ccc(F)cc4)cc(C(F)(F)F)c3n2)CC1C. The summed E-state index contributed by atoms with van der Waals surface area (Å²) in [6.45, 7) is 2.42. The Kier molecular flexibility index (Phi) is 5.81. The first-order chi connectivity index (χ1) is 15.6. The average Bonchev–Trinajstić information content (AvgIpc) is 3.21. The number of piperidine rings is 1. The van der Waals surface area contributed by atoms with E-state index in [0.717, 1.165) is 28.9 Å². The molecule has 174 valence electrons. The van der Waals surface area contributed by atoms with E-state index in [2.05, 4.69) is 15.4 Å². The van der Waals surface area contributed by atoms with Crippen LogP contribution in [-0.4, -0.2) is 51.4 Å². The number of likely N-dealkylation sites (tertiary alicyclic amines) is 1. The number of amides is 2. The number of fused-ring (bicyclic) bond motifs is 1. The number of carbonyl (C=O) groups excluding carboxylic acids is 2. The van der Waals surface area contributed by atoms with Crippen LogP contribution in [0.2, 0.25) is 0 Å².